The Hall–Kier alpha value is -1.60. The van der Waals surface area contributed by atoms with Crippen LogP contribution in [0.1, 0.15) is 0 Å². The van der Waals surface area contributed by atoms with Gasteiger partial charge in [-0.05, 0) is 24.4 Å². The third kappa shape index (κ3) is 2.75. The third-order valence-corrected chi connectivity index (χ3v) is 5.93. The summed E-state index contributed by atoms with van der Waals surface area (Å²) in [5, 5.41) is 0.721. The molecule has 0 N–H and O–H groups in total. The van der Waals surface area contributed by atoms with Crippen LogP contribution in [0.3, 0.4) is 0 Å². The van der Waals surface area contributed by atoms with Gasteiger partial charge in [-0.1, -0.05) is 30.3 Å². The van der Waals surface area contributed by atoms with Gasteiger partial charge in [-0.15, -0.1) is 0 Å². The lowest BCUT2D eigenvalue weighted by molar-refractivity contribution is -0.204. The van der Waals surface area contributed by atoms with Crippen LogP contribution in [-0.4, -0.2) is 33.2 Å². The molecule has 3 nitrogen and oxygen atoms in total. The van der Waals surface area contributed by atoms with Crippen molar-refractivity contribution in [3.63, 3.8) is 0 Å². The first kappa shape index (κ1) is 15.8. The first-order valence-corrected chi connectivity index (χ1v) is 9.19. The average molecular weight is 316 g/mol. The first-order chi connectivity index (χ1) is 9.64. The standard InChI is InChI=1S/C14H15F3O3Si/c1-19-12(18)11-9-13(11,14(15,16)17)20-21(2,3)10-7-5-4-6-8-10/h4-9H,1-3H3. The predicted molar refractivity (Wildman–Crippen MR) is 73.5 cm³/mol. The molecule has 1 unspecified atom stereocenters. The number of hydrogen-bond acceptors (Lipinski definition) is 3. The summed E-state index contributed by atoms with van der Waals surface area (Å²) >= 11 is 0. The molecule has 1 aromatic rings. The molecule has 0 amide bonds. The van der Waals surface area contributed by atoms with Crippen molar-refractivity contribution in [2.45, 2.75) is 24.9 Å². The SMILES string of the molecule is COC(=O)C1=CC1(O[Si](C)(C)c1ccccc1)C(F)(F)F. The molecule has 1 aliphatic rings. The number of ether oxygens (including phenoxy) is 1. The Morgan fingerprint density at radius 1 is 1.19 bits per heavy atom. The van der Waals surface area contributed by atoms with Crippen molar-refractivity contribution in [3.05, 3.63) is 42.0 Å². The number of alkyl halides is 3. The smallest absolute Gasteiger partial charge is 0.424 e. The molecule has 2 rings (SSSR count). The zero-order chi connectivity index (χ0) is 15.9. The van der Waals surface area contributed by atoms with E-state index >= 15 is 0 Å². The van der Waals surface area contributed by atoms with Crippen molar-refractivity contribution in [2.75, 3.05) is 7.11 Å². The minimum Gasteiger partial charge on any atom is -0.466 e. The lowest BCUT2D eigenvalue weighted by atomic mass is 10.2. The lowest BCUT2D eigenvalue weighted by Gasteiger charge is -2.32. The van der Waals surface area contributed by atoms with Crippen molar-refractivity contribution in [1.82, 2.24) is 0 Å². The monoisotopic (exact) mass is 316 g/mol. The Balaban J connectivity index is 2.29. The zero-order valence-corrected chi connectivity index (χ0v) is 12.8. The maximum Gasteiger partial charge on any atom is 0.424 e. The number of halogens is 3. The Morgan fingerprint density at radius 3 is 2.24 bits per heavy atom. The molecular formula is C14H15F3O3Si. The van der Waals surface area contributed by atoms with Crippen molar-refractivity contribution in [2.24, 2.45) is 0 Å². The number of methoxy groups -OCH3 is 1. The molecule has 0 radical (unpaired) electrons. The summed E-state index contributed by atoms with van der Waals surface area (Å²) in [5.74, 6) is -1.01. The molecule has 0 fully saturated rings. The highest BCUT2D eigenvalue weighted by Crippen LogP contribution is 2.52. The molecule has 0 aliphatic heterocycles. The van der Waals surface area contributed by atoms with Crippen molar-refractivity contribution < 1.29 is 27.1 Å². The maximum absolute atomic E-state index is 13.3. The molecule has 1 aliphatic carbocycles. The topological polar surface area (TPSA) is 35.5 Å². The van der Waals surface area contributed by atoms with Gasteiger partial charge in [-0.2, -0.15) is 13.2 Å². The number of rotatable bonds is 4. The molecule has 1 aromatic carbocycles. The van der Waals surface area contributed by atoms with E-state index in [1.807, 2.05) is 0 Å². The summed E-state index contributed by atoms with van der Waals surface area (Å²) in [7, 11) is -1.80. The molecule has 0 heterocycles. The van der Waals surface area contributed by atoms with E-state index in [4.69, 9.17) is 4.43 Å². The number of esters is 1. The van der Waals surface area contributed by atoms with Gasteiger partial charge >= 0.3 is 12.1 Å². The van der Waals surface area contributed by atoms with E-state index in [9.17, 15) is 18.0 Å². The molecule has 114 valence electrons. The average Bonchev–Trinajstić information content (AvgIpc) is 3.13. The molecule has 0 aromatic heterocycles. The van der Waals surface area contributed by atoms with Crippen molar-refractivity contribution in [1.29, 1.82) is 0 Å². The zero-order valence-electron chi connectivity index (χ0n) is 11.8. The summed E-state index contributed by atoms with van der Waals surface area (Å²) in [6.07, 6.45) is -3.90. The molecule has 7 heteroatoms. The fourth-order valence-corrected chi connectivity index (χ4v) is 4.37. The third-order valence-electron chi connectivity index (χ3n) is 3.38. The second-order valence-corrected chi connectivity index (χ2v) is 9.06. The van der Waals surface area contributed by atoms with Crippen LogP contribution < -0.4 is 5.19 Å². The Kier molecular flexibility index (Phi) is 3.75. The van der Waals surface area contributed by atoms with Crippen LogP contribution in [0.15, 0.2) is 42.0 Å². The van der Waals surface area contributed by atoms with Gasteiger partial charge in [0, 0.05) is 0 Å². The van der Waals surface area contributed by atoms with Gasteiger partial charge in [0.2, 0.25) is 13.9 Å². The fourth-order valence-electron chi connectivity index (χ4n) is 2.17. The van der Waals surface area contributed by atoms with E-state index in [0.717, 1.165) is 18.4 Å². The summed E-state index contributed by atoms with van der Waals surface area (Å²) in [6.45, 7) is 3.33. The highest BCUT2D eigenvalue weighted by atomic mass is 28.4. The van der Waals surface area contributed by atoms with E-state index < -0.39 is 31.6 Å². The van der Waals surface area contributed by atoms with Crippen LogP contribution in [0.2, 0.25) is 13.1 Å². The van der Waals surface area contributed by atoms with E-state index in [-0.39, 0.29) is 0 Å². The van der Waals surface area contributed by atoms with E-state index in [2.05, 4.69) is 4.74 Å². The quantitative estimate of drug-likeness (QED) is 0.632. The molecule has 1 atom stereocenters. The number of benzene rings is 1. The molecule has 0 saturated heterocycles. The predicted octanol–water partition coefficient (Wildman–Crippen LogP) is 2.53. The second-order valence-electron chi connectivity index (χ2n) is 5.26. The highest BCUT2D eigenvalue weighted by Gasteiger charge is 2.69. The molecule has 0 bridgehead atoms. The van der Waals surface area contributed by atoms with Crippen LogP contribution >= 0.6 is 0 Å². The van der Waals surface area contributed by atoms with Gasteiger partial charge in [-0.3, -0.25) is 0 Å². The van der Waals surface area contributed by atoms with E-state index in [0.29, 0.717) is 0 Å². The Morgan fingerprint density at radius 2 is 1.76 bits per heavy atom. The lowest BCUT2D eigenvalue weighted by Crippen LogP contribution is -2.53. The van der Waals surface area contributed by atoms with Gasteiger partial charge in [0.15, 0.2) is 0 Å². The van der Waals surface area contributed by atoms with Gasteiger partial charge in [0.25, 0.3) is 0 Å². The van der Waals surface area contributed by atoms with Crippen LogP contribution in [0.4, 0.5) is 13.2 Å². The highest BCUT2D eigenvalue weighted by molar-refractivity contribution is 6.84. The van der Waals surface area contributed by atoms with Gasteiger partial charge in [0.1, 0.15) is 0 Å². The van der Waals surface area contributed by atoms with Crippen molar-refractivity contribution >= 4 is 19.5 Å². The normalized spacial score (nSPS) is 21.7. The number of carbonyl (C=O) groups is 1. The minimum atomic E-state index is -4.68. The fraction of sp³-hybridized carbons (Fsp3) is 0.357. The summed E-state index contributed by atoms with van der Waals surface area (Å²) in [5.41, 5.74) is -3.08. The minimum absolute atomic E-state index is 0.478. The summed E-state index contributed by atoms with van der Waals surface area (Å²) in [4.78, 5) is 11.4. The van der Waals surface area contributed by atoms with Crippen LogP contribution in [0, 0.1) is 0 Å². The largest absolute Gasteiger partial charge is 0.466 e. The van der Waals surface area contributed by atoms with Gasteiger partial charge < -0.3 is 9.16 Å². The van der Waals surface area contributed by atoms with Gasteiger partial charge in [0.05, 0.1) is 12.7 Å². The molecule has 0 saturated carbocycles. The van der Waals surface area contributed by atoms with Crippen LogP contribution in [0.25, 0.3) is 0 Å². The van der Waals surface area contributed by atoms with Crippen molar-refractivity contribution in [3.8, 4) is 0 Å². The van der Waals surface area contributed by atoms with Crippen LogP contribution in [-0.2, 0) is 14.0 Å². The molecule has 0 spiro atoms. The second kappa shape index (κ2) is 4.99. The van der Waals surface area contributed by atoms with Crippen LogP contribution in [0.5, 0.6) is 0 Å². The van der Waals surface area contributed by atoms with Gasteiger partial charge in [-0.25, -0.2) is 4.79 Å². The molecule has 21 heavy (non-hydrogen) atoms. The Labute approximate surface area is 121 Å². The summed E-state index contributed by atoms with van der Waals surface area (Å²) in [6, 6.07) is 8.74. The summed E-state index contributed by atoms with van der Waals surface area (Å²) < 4.78 is 49.8. The number of hydrogen-bond donors (Lipinski definition) is 0. The maximum atomic E-state index is 13.3. The Bertz CT molecular complexity index is 581. The first-order valence-electron chi connectivity index (χ1n) is 6.28. The molecular weight excluding hydrogens is 301 g/mol. The van der Waals surface area contributed by atoms with E-state index in [1.165, 1.54) is 0 Å². The van der Waals surface area contributed by atoms with E-state index in [1.54, 1.807) is 43.4 Å². The number of carbonyl (C=O) groups excluding carboxylic acids is 1.